The number of pyridine rings is 1. The van der Waals surface area contributed by atoms with Crippen molar-refractivity contribution in [3.8, 4) is 0 Å². The van der Waals surface area contributed by atoms with Gasteiger partial charge in [-0.1, -0.05) is 36.7 Å². The van der Waals surface area contributed by atoms with Crippen molar-refractivity contribution < 1.29 is 14.7 Å². The Labute approximate surface area is 120 Å². The molecular formula is C14H13ClN2O3. The Morgan fingerprint density at radius 2 is 2.10 bits per heavy atom. The van der Waals surface area contributed by atoms with Crippen molar-refractivity contribution in [2.45, 2.75) is 19.4 Å². The maximum Gasteiger partial charge on any atom is 0.326 e. The van der Waals surface area contributed by atoms with Gasteiger partial charge in [-0.3, -0.25) is 4.79 Å². The van der Waals surface area contributed by atoms with E-state index in [0.29, 0.717) is 22.9 Å². The summed E-state index contributed by atoms with van der Waals surface area (Å²) in [5.41, 5.74) is 0.911. The fourth-order valence-corrected chi connectivity index (χ4v) is 2.11. The van der Waals surface area contributed by atoms with Gasteiger partial charge < -0.3 is 10.4 Å². The predicted molar refractivity (Wildman–Crippen MR) is 75.9 cm³/mol. The smallest absolute Gasteiger partial charge is 0.326 e. The molecule has 0 saturated heterocycles. The molecule has 20 heavy (non-hydrogen) atoms. The van der Waals surface area contributed by atoms with Crippen LogP contribution in [0.25, 0.3) is 10.9 Å². The van der Waals surface area contributed by atoms with Crippen LogP contribution in [0.4, 0.5) is 0 Å². The van der Waals surface area contributed by atoms with Crippen LogP contribution in [-0.2, 0) is 4.79 Å². The van der Waals surface area contributed by atoms with Crippen molar-refractivity contribution in [3.63, 3.8) is 0 Å². The number of halogens is 1. The number of para-hydroxylation sites is 1. The van der Waals surface area contributed by atoms with Crippen molar-refractivity contribution in [1.82, 2.24) is 10.3 Å². The Kier molecular flexibility index (Phi) is 4.20. The van der Waals surface area contributed by atoms with E-state index in [-0.39, 0.29) is 5.15 Å². The summed E-state index contributed by atoms with van der Waals surface area (Å²) in [6, 6.07) is 7.58. The van der Waals surface area contributed by atoms with Crippen LogP contribution in [-0.4, -0.2) is 28.0 Å². The average Bonchev–Trinajstić information content (AvgIpc) is 2.43. The van der Waals surface area contributed by atoms with Gasteiger partial charge in [0.05, 0.1) is 11.1 Å². The Hall–Kier alpha value is -2.14. The number of carboxylic acids is 1. The quantitative estimate of drug-likeness (QED) is 0.849. The van der Waals surface area contributed by atoms with Gasteiger partial charge >= 0.3 is 5.97 Å². The van der Waals surface area contributed by atoms with Crippen molar-refractivity contribution in [3.05, 3.63) is 41.0 Å². The second-order valence-electron chi connectivity index (χ2n) is 4.28. The zero-order valence-corrected chi connectivity index (χ0v) is 11.5. The minimum Gasteiger partial charge on any atom is -0.480 e. The second kappa shape index (κ2) is 5.88. The van der Waals surface area contributed by atoms with E-state index >= 15 is 0 Å². The van der Waals surface area contributed by atoms with Crippen LogP contribution in [0.15, 0.2) is 30.3 Å². The van der Waals surface area contributed by atoms with E-state index in [4.69, 9.17) is 16.7 Å². The lowest BCUT2D eigenvalue weighted by Gasteiger charge is -2.13. The van der Waals surface area contributed by atoms with Gasteiger partial charge in [-0.15, -0.1) is 0 Å². The maximum absolute atomic E-state index is 12.2. The predicted octanol–water partition coefficient (Wildman–Crippen LogP) is 2.48. The number of benzene rings is 1. The van der Waals surface area contributed by atoms with Crippen molar-refractivity contribution in [2.24, 2.45) is 0 Å². The van der Waals surface area contributed by atoms with E-state index in [1.165, 1.54) is 6.07 Å². The molecular weight excluding hydrogens is 280 g/mol. The van der Waals surface area contributed by atoms with Crippen LogP contribution in [0.1, 0.15) is 23.7 Å². The second-order valence-corrected chi connectivity index (χ2v) is 4.67. The fourth-order valence-electron chi connectivity index (χ4n) is 1.91. The minimum atomic E-state index is -1.06. The molecule has 0 aliphatic heterocycles. The zero-order chi connectivity index (χ0) is 14.7. The Morgan fingerprint density at radius 1 is 1.40 bits per heavy atom. The highest BCUT2D eigenvalue weighted by Gasteiger charge is 2.20. The van der Waals surface area contributed by atoms with Crippen LogP contribution in [0.5, 0.6) is 0 Å². The highest BCUT2D eigenvalue weighted by Crippen LogP contribution is 2.20. The number of aliphatic carboxylic acids is 1. The highest BCUT2D eigenvalue weighted by atomic mass is 35.5. The molecule has 5 nitrogen and oxygen atoms in total. The molecule has 2 rings (SSSR count). The summed E-state index contributed by atoms with van der Waals surface area (Å²) in [7, 11) is 0. The van der Waals surface area contributed by atoms with Gasteiger partial charge in [0.15, 0.2) is 0 Å². The van der Waals surface area contributed by atoms with Crippen LogP contribution in [0, 0.1) is 0 Å². The normalized spacial score (nSPS) is 12.1. The first-order valence-electron chi connectivity index (χ1n) is 6.12. The van der Waals surface area contributed by atoms with E-state index in [9.17, 15) is 9.59 Å². The molecule has 0 bridgehead atoms. The number of nitrogens with zero attached hydrogens (tertiary/aromatic N) is 1. The van der Waals surface area contributed by atoms with Gasteiger partial charge in [0.1, 0.15) is 11.2 Å². The molecule has 1 atom stereocenters. The third kappa shape index (κ3) is 2.88. The van der Waals surface area contributed by atoms with E-state index in [1.807, 2.05) is 0 Å². The molecule has 2 N–H and O–H groups in total. The number of carboxylic acid groups (broad SMARTS) is 1. The van der Waals surface area contributed by atoms with Crippen molar-refractivity contribution in [2.75, 3.05) is 0 Å². The van der Waals surface area contributed by atoms with Crippen molar-refractivity contribution >= 4 is 34.4 Å². The Morgan fingerprint density at radius 3 is 2.75 bits per heavy atom. The molecule has 6 heteroatoms. The third-order valence-corrected chi connectivity index (χ3v) is 3.13. The lowest BCUT2D eigenvalue weighted by atomic mass is 10.1. The number of carbonyl (C=O) groups excluding carboxylic acids is 1. The molecule has 0 spiro atoms. The first-order chi connectivity index (χ1) is 9.52. The topological polar surface area (TPSA) is 79.3 Å². The standard InChI is InChI=1S/C14H13ClN2O3/c1-2-10(14(19)20)17-13(18)9-7-12(15)16-11-6-4-3-5-8(9)11/h3-7,10H,2H2,1H3,(H,17,18)(H,19,20)/t10-/m1/s1. The molecule has 2 aromatic rings. The van der Waals surface area contributed by atoms with Crippen LogP contribution in [0.3, 0.4) is 0 Å². The van der Waals surface area contributed by atoms with Gasteiger partial charge in [0.2, 0.25) is 0 Å². The molecule has 1 aromatic carbocycles. The summed E-state index contributed by atoms with van der Waals surface area (Å²) < 4.78 is 0. The van der Waals surface area contributed by atoms with E-state index in [1.54, 1.807) is 31.2 Å². The number of hydrogen-bond acceptors (Lipinski definition) is 3. The number of fused-ring (bicyclic) bond motifs is 1. The summed E-state index contributed by atoms with van der Waals surface area (Å²) in [5, 5.41) is 12.3. The first-order valence-corrected chi connectivity index (χ1v) is 6.49. The molecule has 0 fully saturated rings. The van der Waals surface area contributed by atoms with Gasteiger partial charge in [-0.25, -0.2) is 9.78 Å². The number of carbonyl (C=O) groups is 2. The molecule has 104 valence electrons. The largest absolute Gasteiger partial charge is 0.480 e. The molecule has 0 unspecified atom stereocenters. The van der Waals surface area contributed by atoms with Gasteiger partial charge in [-0.05, 0) is 18.6 Å². The fraction of sp³-hybridized carbons (Fsp3) is 0.214. The summed E-state index contributed by atoms with van der Waals surface area (Å²) in [6.07, 6.45) is 0.303. The maximum atomic E-state index is 12.2. The monoisotopic (exact) mass is 292 g/mol. The number of hydrogen-bond donors (Lipinski definition) is 2. The molecule has 1 amide bonds. The molecule has 0 saturated carbocycles. The lowest BCUT2D eigenvalue weighted by molar-refractivity contribution is -0.139. The molecule has 0 aliphatic carbocycles. The summed E-state index contributed by atoms with van der Waals surface area (Å²) in [6.45, 7) is 1.69. The van der Waals surface area contributed by atoms with E-state index in [0.717, 1.165) is 0 Å². The Balaban J connectivity index is 2.41. The number of nitrogens with one attached hydrogen (secondary N) is 1. The van der Waals surface area contributed by atoms with Crippen LogP contribution < -0.4 is 5.32 Å². The zero-order valence-electron chi connectivity index (χ0n) is 10.8. The minimum absolute atomic E-state index is 0.192. The SMILES string of the molecule is CC[C@@H](NC(=O)c1cc(Cl)nc2ccccc12)C(=O)O. The third-order valence-electron chi connectivity index (χ3n) is 2.94. The molecule has 1 heterocycles. The lowest BCUT2D eigenvalue weighted by Crippen LogP contribution is -2.40. The summed E-state index contributed by atoms with van der Waals surface area (Å²) in [5.74, 6) is -1.54. The number of amides is 1. The molecule has 0 radical (unpaired) electrons. The summed E-state index contributed by atoms with van der Waals surface area (Å²) >= 11 is 5.89. The number of rotatable bonds is 4. The first kappa shape index (κ1) is 14.3. The number of aromatic nitrogens is 1. The summed E-state index contributed by atoms with van der Waals surface area (Å²) in [4.78, 5) is 27.3. The van der Waals surface area contributed by atoms with Gasteiger partial charge in [-0.2, -0.15) is 0 Å². The molecule has 0 aliphatic rings. The van der Waals surface area contributed by atoms with Crippen LogP contribution in [0.2, 0.25) is 5.15 Å². The van der Waals surface area contributed by atoms with E-state index in [2.05, 4.69) is 10.3 Å². The molecule has 1 aromatic heterocycles. The van der Waals surface area contributed by atoms with Crippen LogP contribution >= 0.6 is 11.6 Å². The van der Waals surface area contributed by atoms with Gasteiger partial charge in [0, 0.05) is 5.39 Å². The highest BCUT2D eigenvalue weighted by molar-refractivity contribution is 6.30. The van der Waals surface area contributed by atoms with E-state index < -0.39 is 17.9 Å². The Bertz CT molecular complexity index is 673. The average molecular weight is 293 g/mol. The van der Waals surface area contributed by atoms with Gasteiger partial charge in [0.25, 0.3) is 5.91 Å². The van der Waals surface area contributed by atoms with Crippen molar-refractivity contribution in [1.29, 1.82) is 0 Å².